The van der Waals surface area contributed by atoms with Gasteiger partial charge in [0, 0.05) is 12.6 Å². The molecule has 2 atom stereocenters. The molecule has 1 aromatic rings. The summed E-state index contributed by atoms with van der Waals surface area (Å²) in [6, 6.07) is 4.35. The van der Waals surface area contributed by atoms with Gasteiger partial charge in [0.15, 0.2) is 0 Å². The van der Waals surface area contributed by atoms with Gasteiger partial charge in [0.2, 0.25) is 0 Å². The fourth-order valence-corrected chi connectivity index (χ4v) is 2.88. The van der Waals surface area contributed by atoms with Crippen LogP contribution in [-0.4, -0.2) is 24.7 Å². The van der Waals surface area contributed by atoms with Gasteiger partial charge in [-0.2, -0.15) is 0 Å². The number of ether oxygens (including phenoxy) is 1. The first-order chi connectivity index (χ1) is 9.43. The number of benzene rings is 1. The molecular formula is C16H23NO3. The van der Waals surface area contributed by atoms with Crippen LogP contribution in [0.2, 0.25) is 0 Å². The van der Waals surface area contributed by atoms with Crippen molar-refractivity contribution in [3.05, 3.63) is 28.8 Å². The van der Waals surface area contributed by atoms with Gasteiger partial charge in [0.25, 0.3) is 0 Å². The van der Waals surface area contributed by atoms with Crippen LogP contribution in [0.25, 0.3) is 0 Å². The van der Waals surface area contributed by atoms with Gasteiger partial charge in [-0.1, -0.05) is 19.9 Å². The van der Waals surface area contributed by atoms with E-state index in [2.05, 4.69) is 38.2 Å². The highest BCUT2D eigenvalue weighted by Crippen LogP contribution is 2.35. The van der Waals surface area contributed by atoms with Gasteiger partial charge in [0.1, 0.15) is 5.75 Å². The fourth-order valence-electron chi connectivity index (χ4n) is 2.88. The number of hydrogen-bond acceptors (Lipinski definition) is 3. The molecule has 0 spiro atoms. The average molecular weight is 277 g/mol. The number of carbonyl (C=O) groups is 1. The van der Waals surface area contributed by atoms with Crippen LogP contribution in [0.1, 0.15) is 48.9 Å². The van der Waals surface area contributed by atoms with E-state index in [1.165, 1.54) is 11.1 Å². The van der Waals surface area contributed by atoms with Gasteiger partial charge in [-0.25, -0.2) is 0 Å². The quantitative estimate of drug-likeness (QED) is 0.888. The van der Waals surface area contributed by atoms with Crippen LogP contribution < -0.4 is 10.1 Å². The molecule has 1 aromatic carbocycles. The zero-order valence-electron chi connectivity index (χ0n) is 12.6. The van der Waals surface area contributed by atoms with Crippen molar-refractivity contribution >= 4 is 5.97 Å². The van der Waals surface area contributed by atoms with Crippen LogP contribution in [-0.2, 0) is 4.79 Å². The van der Waals surface area contributed by atoms with Gasteiger partial charge >= 0.3 is 5.97 Å². The van der Waals surface area contributed by atoms with Crippen LogP contribution in [0.4, 0.5) is 0 Å². The van der Waals surface area contributed by atoms with Crippen molar-refractivity contribution in [3.63, 3.8) is 0 Å². The molecule has 1 heterocycles. The van der Waals surface area contributed by atoms with E-state index in [-0.39, 0.29) is 12.0 Å². The summed E-state index contributed by atoms with van der Waals surface area (Å²) in [5, 5.41) is 12.4. The molecule has 1 aliphatic rings. The molecule has 0 amide bonds. The van der Waals surface area contributed by atoms with Crippen molar-refractivity contribution in [2.24, 2.45) is 5.92 Å². The lowest BCUT2D eigenvalue weighted by Crippen LogP contribution is -2.17. The molecule has 1 aliphatic heterocycles. The van der Waals surface area contributed by atoms with E-state index in [0.717, 1.165) is 11.3 Å². The lowest BCUT2D eigenvalue weighted by atomic mass is 9.91. The predicted molar refractivity (Wildman–Crippen MR) is 78.3 cm³/mol. The van der Waals surface area contributed by atoms with Gasteiger partial charge in [-0.15, -0.1) is 0 Å². The molecule has 0 radical (unpaired) electrons. The Bertz CT molecular complexity index is 511. The molecule has 0 aromatic heterocycles. The Morgan fingerprint density at radius 2 is 2.15 bits per heavy atom. The summed E-state index contributed by atoms with van der Waals surface area (Å²) in [7, 11) is 1.69. The molecule has 0 aliphatic carbocycles. The first kappa shape index (κ1) is 14.9. The standard InChI is InChI=1S/C16H23NO3/c1-9(2)12-7-13(10(3)5-15(12)20-4)14-6-11(8-17-14)16(18)19/h5,7,9,11,14,17H,6,8H2,1-4H3,(H,18,19). The molecule has 2 N–H and O–H groups in total. The predicted octanol–water partition coefficient (Wildman–Crippen LogP) is 2.86. The van der Waals surface area contributed by atoms with Gasteiger partial charge in [-0.05, 0) is 42.0 Å². The minimum atomic E-state index is -0.713. The second-order valence-corrected chi connectivity index (χ2v) is 5.84. The summed E-state index contributed by atoms with van der Waals surface area (Å²) in [5.74, 6) is 0.286. The first-order valence-corrected chi connectivity index (χ1v) is 7.08. The molecule has 4 nitrogen and oxygen atoms in total. The summed E-state index contributed by atoms with van der Waals surface area (Å²) >= 11 is 0. The van der Waals surface area contributed by atoms with E-state index in [1.807, 2.05) is 0 Å². The molecule has 110 valence electrons. The maximum atomic E-state index is 11.1. The van der Waals surface area contributed by atoms with E-state index in [1.54, 1.807) is 7.11 Å². The van der Waals surface area contributed by atoms with Crippen LogP contribution in [0.3, 0.4) is 0 Å². The van der Waals surface area contributed by atoms with E-state index >= 15 is 0 Å². The Morgan fingerprint density at radius 1 is 1.45 bits per heavy atom. The van der Waals surface area contributed by atoms with Crippen molar-refractivity contribution in [3.8, 4) is 5.75 Å². The maximum Gasteiger partial charge on any atom is 0.307 e. The fraction of sp³-hybridized carbons (Fsp3) is 0.562. The Hall–Kier alpha value is -1.55. The summed E-state index contributed by atoms with van der Waals surface area (Å²) in [6.45, 7) is 6.87. The van der Waals surface area contributed by atoms with Gasteiger partial charge < -0.3 is 15.2 Å². The highest BCUT2D eigenvalue weighted by molar-refractivity contribution is 5.71. The summed E-state index contributed by atoms with van der Waals surface area (Å²) in [5.41, 5.74) is 3.52. The highest BCUT2D eigenvalue weighted by atomic mass is 16.5. The zero-order valence-corrected chi connectivity index (χ0v) is 12.6. The van der Waals surface area contributed by atoms with E-state index < -0.39 is 5.97 Å². The van der Waals surface area contributed by atoms with Crippen molar-refractivity contribution in [1.82, 2.24) is 5.32 Å². The van der Waals surface area contributed by atoms with Crippen LogP contribution >= 0.6 is 0 Å². The number of methoxy groups -OCH3 is 1. The van der Waals surface area contributed by atoms with Crippen molar-refractivity contribution < 1.29 is 14.6 Å². The minimum absolute atomic E-state index is 0.125. The molecule has 1 saturated heterocycles. The minimum Gasteiger partial charge on any atom is -0.496 e. The zero-order chi connectivity index (χ0) is 14.9. The van der Waals surface area contributed by atoms with Crippen LogP contribution in [0.5, 0.6) is 5.75 Å². The van der Waals surface area contributed by atoms with Gasteiger partial charge in [0.05, 0.1) is 13.0 Å². The number of carboxylic acid groups (broad SMARTS) is 1. The molecular weight excluding hydrogens is 254 g/mol. The van der Waals surface area contributed by atoms with Crippen LogP contribution in [0, 0.1) is 12.8 Å². The largest absolute Gasteiger partial charge is 0.496 e. The number of rotatable bonds is 4. The van der Waals surface area contributed by atoms with E-state index in [4.69, 9.17) is 9.84 Å². The number of hydrogen-bond donors (Lipinski definition) is 2. The molecule has 1 fully saturated rings. The first-order valence-electron chi connectivity index (χ1n) is 7.08. The Labute approximate surface area is 120 Å². The molecule has 20 heavy (non-hydrogen) atoms. The van der Waals surface area contributed by atoms with Crippen LogP contribution in [0.15, 0.2) is 12.1 Å². The second-order valence-electron chi connectivity index (χ2n) is 5.84. The maximum absolute atomic E-state index is 11.1. The third-order valence-electron chi connectivity index (χ3n) is 4.10. The van der Waals surface area contributed by atoms with Crippen molar-refractivity contribution in [1.29, 1.82) is 0 Å². The van der Waals surface area contributed by atoms with Gasteiger partial charge in [-0.3, -0.25) is 4.79 Å². The lowest BCUT2D eigenvalue weighted by molar-refractivity contribution is -0.141. The smallest absolute Gasteiger partial charge is 0.307 e. The molecule has 2 rings (SSSR count). The highest BCUT2D eigenvalue weighted by Gasteiger charge is 2.31. The summed E-state index contributed by atoms with van der Waals surface area (Å²) in [6.07, 6.45) is 0.653. The number of aliphatic carboxylic acids is 1. The van der Waals surface area contributed by atoms with Crippen molar-refractivity contribution in [2.75, 3.05) is 13.7 Å². The SMILES string of the molecule is COc1cc(C)c(C2CC(C(=O)O)CN2)cc1C(C)C. The second kappa shape index (κ2) is 5.83. The number of carboxylic acids is 1. The lowest BCUT2D eigenvalue weighted by Gasteiger charge is -2.19. The summed E-state index contributed by atoms with van der Waals surface area (Å²) < 4.78 is 5.45. The normalized spacial score (nSPS) is 22.2. The molecule has 0 saturated carbocycles. The van der Waals surface area contributed by atoms with E-state index in [0.29, 0.717) is 18.9 Å². The third kappa shape index (κ3) is 2.80. The van der Waals surface area contributed by atoms with Crippen molar-refractivity contribution in [2.45, 2.75) is 39.2 Å². The molecule has 4 heteroatoms. The Balaban J connectivity index is 2.33. The summed E-state index contributed by atoms with van der Waals surface area (Å²) in [4.78, 5) is 11.1. The Morgan fingerprint density at radius 3 is 2.65 bits per heavy atom. The average Bonchev–Trinajstić information content (AvgIpc) is 2.87. The monoisotopic (exact) mass is 277 g/mol. The van der Waals surface area contributed by atoms with E-state index in [9.17, 15) is 4.79 Å². The number of aryl methyl sites for hydroxylation is 1. The topological polar surface area (TPSA) is 58.6 Å². The number of nitrogens with one attached hydrogen (secondary N) is 1. The Kier molecular flexibility index (Phi) is 4.33. The molecule has 2 unspecified atom stereocenters. The third-order valence-corrected chi connectivity index (χ3v) is 4.10. The molecule has 0 bridgehead atoms.